The monoisotopic (exact) mass is 434 g/mol. The molecule has 3 rings (SSSR count). The Morgan fingerprint density at radius 3 is 2.20 bits per heavy atom. The van der Waals surface area contributed by atoms with Gasteiger partial charge in [0.25, 0.3) is 5.91 Å². The SMILES string of the molecule is Cc1ccc(OCC(=O)N2CCN(S(=O)(=O)c3c(C)nn(C(C)C)c3C)CC2)cc1. The molecule has 2 heterocycles. The molecular weight excluding hydrogens is 404 g/mol. The first-order valence-electron chi connectivity index (χ1n) is 10.1. The van der Waals surface area contributed by atoms with Gasteiger partial charge in [-0.05, 0) is 46.8 Å². The molecule has 0 unspecified atom stereocenters. The third-order valence-corrected chi connectivity index (χ3v) is 7.47. The van der Waals surface area contributed by atoms with Crippen LogP contribution >= 0.6 is 0 Å². The quantitative estimate of drug-likeness (QED) is 0.697. The molecule has 1 fully saturated rings. The maximum Gasteiger partial charge on any atom is 0.260 e. The smallest absolute Gasteiger partial charge is 0.260 e. The van der Waals surface area contributed by atoms with E-state index in [2.05, 4.69) is 5.10 Å². The summed E-state index contributed by atoms with van der Waals surface area (Å²) in [5.74, 6) is 0.496. The second kappa shape index (κ2) is 8.77. The number of aryl methyl sites for hydroxylation is 2. The van der Waals surface area contributed by atoms with E-state index in [0.717, 1.165) is 5.56 Å². The van der Waals surface area contributed by atoms with Crippen molar-refractivity contribution >= 4 is 15.9 Å². The summed E-state index contributed by atoms with van der Waals surface area (Å²) >= 11 is 0. The molecule has 1 aliphatic rings. The molecule has 1 amide bonds. The summed E-state index contributed by atoms with van der Waals surface area (Å²) in [7, 11) is -3.66. The van der Waals surface area contributed by atoms with E-state index in [1.807, 2.05) is 45.0 Å². The van der Waals surface area contributed by atoms with Crippen molar-refractivity contribution in [3.8, 4) is 5.75 Å². The lowest BCUT2D eigenvalue weighted by Gasteiger charge is -2.34. The van der Waals surface area contributed by atoms with Crippen LogP contribution in [0.25, 0.3) is 0 Å². The summed E-state index contributed by atoms with van der Waals surface area (Å²) in [5.41, 5.74) is 2.27. The highest BCUT2D eigenvalue weighted by Gasteiger charge is 2.34. The zero-order valence-corrected chi connectivity index (χ0v) is 19.1. The van der Waals surface area contributed by atoms with Gasteiger partial charge in [0, 0.05) is 32.2 Å². The second-order valence-electron chi connectivity index (χ2n) is 7.92. The van der Waals surface area contributed by atoms with Gasteiger partial charge in [0.1, 0.15) is 10.6 Å². The van der Waals surface area contributed by atoms with Gasteiger partial charge in [-0.25, -0.2) is 8.42 Å². The van der Waals surface area contributed by atoms with Gasteiger partial charge in [0.05, 0.1) is 11.4 Å². The maximum atomic E-state index is 13.2. The normalized spacial score (nSPS) is 15.6. The summed E-state index contributed by atoms with van der Waals surface area (Å²) in [6, 6.07) is 7.59. The van der Waals surface area contributed by atoms with Crippen molar-refractivity contribution in [2.24, 2.45) is 0 Å². The van der Waals surface area contributed by atoms with Gasteiger partial charge in [0.2, 0.25) is 10.0 Å². The topological polar surface area (TPSA) is 84.7 Å². The van der Waals surface area contributed by atoms with Gasteiger partial charge >= 0.3 is 0 Å². The number of carbonyl (C=O) groups excluding carboxylic acids is 1. The molecule has 164 valence electrons. The van der Waals surface area contributed by atoms with E-state index >= 15 is 0 Å². The molecule has 1 aliphatic heterocycles. The minimum Gasteiger partial charge on any atom is -0.484 e. The third-order valence-electron chi connectivity index (χ3n) is 5.32. The zero-order valence-electron chi connectivity index (χ0n) is 18.3. The second-order valence-corrected chi connectivity index (χ2v) is 9.80. The molecule has 2 aromatic rings. The van der Waals surface area contributed by atoms with Crippen LogP contribution in [0.5, 0.6) is 5.75 Å². The molecule has 0 bridgehead atoms. The van der Waals surface area contributed by atoms with E-state index in [1.54, 1.807) is 23.4 Å². The summed E-state index contributed by atoms with van der Waals surface area (Å²) in [4.78, 5) is 14.4. The summed E-state index contributed by atoms with van der Waals surface area (Å²) in [6.45, 7) is 10.6. The van der Waals surface area contributed by atoms with Crippen molar-refractivity contribution in [1.29, 1.82) is 0 Å². The first kappa shape index (κ1) is 22.3. The number of ether oxygens (including phenoxy) is 1. The summed E-state index contributed by atoms with van der Waals surface area (Å²) in [6.07, 6.45) is 0. The molecule has 1 aromatic carbocycles. The van der Waals surface area contributed by atoms with Gasteiger partial charge in [-0.2, -0.15) is 9.40 Å². The Bertz CT molecular complexity index is 1000. The number of hydrogen-bond donors (Lipinski definition) is 0. The Balaban J connectivity index is 1.62. The predicted octanol–water partition coefficient (Wildman–Crippen LogP) is 2.30. The number of amides is 1. The van der Waals surface area contributed by atoms with Gasteiger partial charge in [-0.3, -0.25) is 9.48 Å². The number of nitrogens with zero attached hydrogens (tertiary/aromatic N) is 4. The fourth-order valence-corrected chi connectivity index (χ4v) is 5.48. The number of sulfonamides is 1. The van der Waals surface area contributed by atoms with E-state index in [9.17, 15) is 13.2 Å². The standard InChI is InChI=1S/C21H30N4O4S/c1-15(2)25-18(5)21(17(4)22-25)30(27,28)24-12-10-23(11-13-24)20(26)14-29-19-8-6-16(3)7-9-19/h6-9,15H,10-14H2,1-5H3. The van der Waals surface area contributed by atoms with Crippen LogP contribution in [0.4, 0.5) is 0 Å². The summed E-state index contributed by atoms with van der Waals surface area (Å²) < 4.78 is 35.2. The van der Waals surface area contributed by atoms with Crippen LogP contribution in [0.15, 0.2) is 29.2 Å². The van der Waals surface area contributed by atoms with E-state index in [0.29, 0.717) is 30.2 Å². The lowest BCUT2D eigenvalue weighted by molar-refractivity contribution is -0.134. The minimum absolute atomic E-state index is 0.0603. The molecule has 0 aliphatic carbocycles. The zero-order chi connectivity index (χ0) is 22.1. The highest BCUT2D eigenvalue weighted by atomic mass is 32.2. The Labute approximate surface area is 178 Å². The van der Waals surface area contributed by atoms with Crippen molar-refractivity contribution in [1.82, 2.24) is 19.0 Å². The van der Waals surface area contributed by atoms with Crippen molar-refractivity contribution < 1.29 is 17.9 Å². The minimum atomic E-state index is -3.66. The van der Waals surface area contributed by atoms with Crippen LogP contribution in [-0.2, 0) is 14.8 Å². The van der Waals surface area contributed by atoms with Gasteiger partial charge in [-0.1, -0.05) is 17.7 Å². The van der Waals surface area contributed by atoms with Gasteiger partial charge in [-0.15, -0.1) is 0 Å². The number of benzene rings is 1. The van der Waals surface area contributed by atoms with Crippen molar-refractivity contribution in [2.75, 3.05) is 32.8 Å². The molecule has 1 aromatic heterocycles. The van der Waals surface area contributed by atoms with Crippen LogP contribution in [0.2, 0.25) is 0 Å². The van der Waals surface area contributed by atoms with Crippen molar-refractivity contribution in [2.45, 2.75) is 45.6 Å². The molecule has 30 heavy (non-hydrogen) atoms. The van der Waals surface area contributed by atoms with Crippen LogP contribution < -0.4 is 4.74 Å². The van der Waals surface area contributed by atoms with E-state index < -0.39 is 10.0 Å². The van der Waals surface area contributed by atoms with Crippen LogP contribution in [-0.4, -0.2) is 66.1 Å². The lowest BCUT2D eigenvalue weighted by Crippen LogP contribution is -2.51. The molecule has 0 spiro atoms. The Morgan fingerprint density at radius 2 is 1.67 bits per heavy atom. The molecule has 0 N–H and O–H groups in total. The Kier molecular flexibility index (Phi) is 6.52. The van der Waals surface area contributed by atoms with E-state index in [1.165, 1.54) is 4.31 Å². The number of piperazine rings is 1. The van der Waals surface area contributed by atoms with Crippen molar-refractivity contribution in [3.63, 3.8) is 0 Å². The Hall–Kier alpha value is -2.39. The average molecular weight is 435 g/mol. The van der Waals surface area contributed by atoms with E-state index in [-0.39, 0.29) is 36.5 Å². The average Bonchev–Trinajstić information content (AvgIpc) is 3.02. The molecular formula is C21H30N4O4S. The fourth-order valence-electron chi connectivity index (χ4n) is 3.70. The highest BCUT2D eigenvalue weighted by molar-refractivity contribution is 7.89. The third kappa shape index (κ3) is 4.52. The fraction of sp³-hybridized carbons (Fsp3) is 0.524. The van der Waals surface area contributed by atoms with Crippen LogP contribution in [0.1, 0.15) is 36.8 Å². The highest BCUT2D eigenvalue weighted by Crippen LogP contribution is 2.26. The summed E-state index contributed by atoms with van der Waals surface area (Å²) in [5, 5.41) is 4.40. The first-order valence-corrected chi connectivity index (χ1v) is 11.6. The van der Waals surface area contributed by atoms with E-state index in [4.69, 9.17) is 4.74 Å². The van der Waals surface area contributed by atoms with Gasteiger partial charge < -0.3 is 9.64 Å². The predicted molar refractivity (Wildman–Crippen MR) is 114 cm³/mol. The number of rotatable bonds is 6. The first-order chi connectivity index (χ1) is 14.1. The molecule has 8 nitrogen and oxygen atoms in total. The number of carbonyl (C=O) groups is 1. The molecule has 0 atom stereocenters. The van der Waals surface area contributed by atoms with Gasteiger partial charge in [0.15, 0.2) is 6.61 Å². The molecule has 0 saturated carbocycles. The van der Waals surface area contributed by atoms with Crippen molar-refractivity contribution in [3.05, 3.63) is 41.2 Å². The molecule has 1 saturated heterocycles. The van der Waals surface area contributed by atoms with Crippen LogP contribution in [0, 0.1) is 20.8 Å². The van der Waals surface area contributed by atoms with Crippen LogP contribution in [0.3, 0.4) is 0 Å². The number of aromatic nitrogens is 2. The maximum absolute atomic E-state index is 13.2. The lowest BCUT2D eigenvalue weighted by atomic mass is 10.2. The molecule has 0 radical (unpaired) electrons. The Morgan fingerprint density at radius 1 is 1.07 bits per heavy atom. The largest absolute Gasteiger partial charge is 0.484 e. The number of hydrogen-bond acceptors (Lipinski definition) is 5. The molecule has 9 heteroatoms.